The first-order valence-corrected chi connectivity index (χ1v) is 9.01. The van der Waals surface area contributed by atoms with E-state index in [0.29, 0.717) is 23.4 Å². The van der Waals surface area contributed by atoms with Crippen molar-refractivity contribution in [1.82, 2.24) is 4.90 Å². The van der Waals surface area contributed by atoms with Gasteiger partial charge in [-0.2, -0.15) is 0 Å². The number of benzene rings is 2. The molecule has 0 aliphatic carbocycles. The van der Waals surface area contributed by atoms with E-state index < -0.39 is 0 Å². The number of carbonyl (C=O) groups is 1. The molecule has 1 amide bonds. The third kappa shape index (κ3) is 4.21. The van der Waals surface area contributed by atoms with Crippen LogP contribution in [-0.2, 0) is 4.79 Å². The lowest BCUT2D eigenvalue weighted by Gasteiger charge is -2.23. The van der Waals surface area contributed by atoms with Crippen LogP contribution in [0.3, 0.4) is 0 Å². The maximum Gasteiger partial charge on any atom is 0.241 e. The van der Waals surface area contributed by atoms with Gasteiger partial charge in [0.25, 0.3) is 0 Å². The zero-order valence-corrected chi connectivity index (χ0v) is 15.1. The summed E-state index contributed by atoms with van der Waals surface area (Å²) in [6.45, 7) is 4.26. The molecular weight excluding hydrogens is 334 g/mol. The maximum absolute atomic E-state index is 12.6. The molecule has 4 nitrogen and oxygen atoms in total. The Balaban J connectivity index is 1.66. The molecule has 0 saturated carbocycles. The van der Waals surface area contributed by atoms with Crippen molar-refractivity contribution in [2.75, 3.05) is 25.0 Å². The van der Waals surface area contributed by atoms with Gasteiger partial charge in [-0.3, -0.25) is 9.69 Å². The summed E-state index contributed by atoms with van der Waals surface area (Å²) >= 11 is 5.89. The number of carbonyl (C=O) groups excluding carboxylic acids is 1. The van der Waals surface area contributed by atoms with Crippen molar-refractivity contribution in [2.45, 2.75) is 18.9 Å². The van der Waals surface area contributed by atoms with E-state index in [1.165, 1.54) is 5.56 Å². The van der Waals surface area contributed by atoms with Gasteiger partial charge < -0.3 is 11.1 Å². The minimum absolute atomic E-state index is 0.00759. The molecule has 2 aromatic carbocycles. The molecule has 1 aliphatic rings. The summed E-state index contributed by atoms with van der Waals surface area (Å²) in [5.74, 6) is 0.733. The number of nitrogens with two attached hydrogens (primary N) is 1. The van der Waals surface area contributed by atoms with E-state index in [4.69, 9.17) is 17.3 Å². The molecule has 0 radical (unpaired) electrons. The van der Waals surface area contributed by atoms with Gasteiger partial charge in [0, 0.05) is 29.7 Å². The molecule has 0 bridgehead atoms. The predicted octanol–water partition coefficient (Wildman–Crippen LogP) is 3.34. The molecule has 3 atom stereocenters. The molecule has 5 heteroatoms. The average Bonchev–Trinajstić information content (AvgIpc) is 3.08. The summed E-state index contributed by atoms with van der Waals surface area (Å²) < 4.78 is 0. The number of likely N-dealkylation sites (tertiary alicyclic amines) is 1. The van der Waals surface area contributed by atoms with Crippen LogP contribution in [0.1, 0.15) is 18.4 Å². The van der Waals surface area contributed by atoms with Gasteiger partial charge in [0.05, 0.1) is 6.04 Å². The Morgan fingerprint density at radius 2 is 1.88 bits per heavy atom. The fourth-order valence-corrected chi connectivity index (χ4v) is 3.61. The van der Waals surface area contributed by atoms with Crippen LogP contribution in [0, 0.1) is 5.92 Å². The highest BCUT2D eigenvalue weighted by atomic mass is 35.5. The van der Waals surface area contributed by atoms with E-state index >= 15 is 0 Å². The zero-order valence-electron chi connectivity index (χ0n) is 14.4. The highest BCUT2D eigenvalue weighted by Gasteiger charge is 2.36. The molecule has 1 heterocycles. The van der Waals surface area contributed by atoms with Crippen LogP contribution < -0.4 is 11.1 Å². The quantitative estimate of drug-likeness (QED) is 0.862. The van der Waals surface area contributed by atoms with Crippen molar-refractivity contribution in [1.29, 1.82) is 0 Å². The second kappa shape index (κ2) is 8.00. The monoisotopic (exact) mass is 357 g/mol. The molecule has 3 rings (SSSR count). The van der Waals surface area contributed by atoms with Gasteiger partial charge in [-0.15, -0.1) is 0 Å². The number of amides is 1. The number of hydrogen-bond donors (Lipinski definition) is 2. The first-order valence-electron chi connectivity index (χ1n) is 8.64. The Kier molecular flexibility index (Phi) is 5.74. The smallest absolute Gasteiger partial charge is 0.241 e. The van der Waals surface area contributed by atoms with Crippen molar-refractivity contribution >= 4 is 23.2 Å². The molecule has 0 spiro atoms. The molecule has 1 fully saturated rings. The second-order valence-electron chi connectivity index (χ2n) is 6.64. The molecule has 25 heavy (non-hydrogen) atoms. The standard InChI is InChI=1S/C20H24ClN3O/c1-14(20(25)23-18-9-7-17(21)8-10-18)24-12-16(11-22)19(13-24)15-5-3-2-4-6-15/h2-10,14,16,19H,11-13,22H2,1H3,(H,23,25)/t14?,16-,19+/m1/s1. The van der Waals surface area contributed by atoms with E-state index in [0.717, 1.165) is 18.8 Å². The van der Waals surface area contributed by atoms with Crippen LogP contribution in [0.15, 0.2) is 54.6 Å². The number of nitrogens with zero attached hydrogens (tertiary/aromatic N) is 1. The number of anilines is 1. The fraction of sp³-hybridized carbons (Fsp3) is 0.350. The van der Waals surface area contributed by atoms with Gasteiger partial charge in [0.15, 0.2) is 0 Å². The summed E-state index contributed by atoms with van der Waals surface area (Å²) in [6.07, 6.45) is 0. The van der Waals surface area contributed by atoms with Gasteiger partial charge in [0.1, 0.15) is 0 Å². The normalized spacial score (nSPS) is 21.9. The molecule has 1 unspecified atom stereocenters. The first kappa shape index (κ1) is 17.9. The van der Waals surface area contributed by atoms with Crippen molar-refractivity contribution < 1.29 is 4.79 Å². The SMILES string of the molecule is CC(C(=O)Nc1ccc(Cl)cc1)N1C[C@@H](CN)[C@H](c2ccccc2)C1. The zero-order chi connectivity index (χ0) is 17.8. The van der Waals surface area contributed by atoms with Crippen molar-refractivity contribution in [3.8, 4) is 0 Å². The Morgan fingerprint density at radius 1 is 1.20 bits per heavy atom. The van der Waals surface area contributed by atoms with E-state index in [1.54, 1.807) is 12.1 Å². The maximum atomic E-state index is 12.6. The number of halogens is 1. The van der Waals surface area contributed by atoms with Gasteiger partial charge >= 0.3 is 0 Å². The molecule has 1 saturated heterocycles. The number of hydrogen-bond acceptors (Lipinski definition) is 3. The number of rotatable bonds is 5. The molecule has 0 aromatic heterocycles. The van der Waals surface area contributed by atoms with Crippen molar-refractivity contribution in [3.63, 3.8) is 0 Å². The van der Waals surface area contributed by atoms with E-state index in [2.05, 4.69) is 34.5 Å². The largest absolute Gasteiger partial charge is 0.330 e. The third-order valence-corrected chi connectivity index (χ3v) is 5.29. The third-order valence-electron chi connectivity index (χ3n) is 5.04. The fourth-order valence-electron chi connectivity index (χ4n) is 3.48. The minimum atomic E-state index is -0.210. The van der Waals surface area contributed by atoms with Crippen LogP contribution in [0.25, 0.3) is 0 Å². The van der Waals surface area contributed by atoms with E-state index in [-0.39, 0.29) is 11.9 Å². The highest BCUT2D eigenvalue weighted by Crippen LogP contribution is 2.33. The predicted molar refractivity (Wildman–Crippen MR) is 103 cm³/mol. The summed E-state index contributed by atoms with van der Waals surface area (Å²) in [5.41, 5.74) is 8.05. The molecular formula is C20H24ClN3O. The Bertz CT molecular complexity index is 705. The molecule has 3 N–H and O–H groups in total. The molecule has 2 aromatic rings. The van der Waals surface area contributed by atoms with Gasteiger partial charge in [-0.1, -0.05) is 41.9 Å². The summed E-state index contributed by atoms with van der Waals surface area (Å²) in [4.78, 5) is 14.8. The van der Waals surface area contributed by atoms with Crippen LogP contribution in [0.4, 0.5) is 5.69 Å². The first-order chi connectivity index (χ1) is 12.1. The van der Waals surface area contributed by atoms with Gasteiger partial charge in [-0.05, 0) is 49.2 Å². The van der Waals surface area contributed by atoms with Gasteiger partial charge in [0.2, 0.25) is 5.91 Å². The average molecular weight is 358 g/mol. The van der Waals surface area contributed by atoms with E-state index in [1.807, 2.05) is 25.1 Å². The summed E-state index contributed by atoms with van der Waals surface area (Å²) in [6, 6.07) is 17.4. The Morgan fingerprint density at radius 3 is 2.52 bits per heavy atom. The van der Waals surface area contributed by atoms with Crippen LogP contribution >= 0.6 is 11.6 Å². The van der Waals surface area contributed by atoms with Crippen LogP contribution in [0.2, 0.25) is 5.02 Å². The lowest BCUT2D eigenvalue weighted by Crippen LogP contribution is -2.41. The summed E-state index contributed by atoms with van der Waals surface area (Å²) in [5, 5.41) is 3.62. The minimum Gasteiger partial charge on any atom is -0.330 e. The second-order valence-corrected chi connectivity index (χ2v) is 7.08. The lowest BCUT2D eigenvalue weighted by atomic mass is 9.89. The topological polar surface area (TPSA) is 58.4 Å². The highest BCUT2D eigenvalue weighted by molar-refractivity contribution is 6.30. The molecule has 1 aliphatic heterocycles. The van der Waals surface area contributed by atoms with Crippen molar-refractivity contribution in [3.05, 3.63) is 65.2 Å². The Hall–Kier alpha value is -1.88. The molecule has 132 valence electrons. The Labute approximate surface area is 154 Å². The summed E-state index contributed by atoms with van der Waals surface area (Å²) in [7, 11) is 0. The van der Waals surface area contributed by atoms with Gasteiger partial charge in [-0.25, -0.2) is 0 Å². The van der Waals surface area contributed by atoms with Crippen molar-refractivity contribution in [2.24, 2.45) is 11.7 Å². The van der Waals surface area contributed by atoms with E-state index in [9.17, 15) is 4.79 Å². The lowest BCUT2D eigenvalue weighted by molar-refractivity contribution is -0.120. The van der Waals surface area contributed by atoms with Crippen LogP contribution in [-0.4, -0.2) is 36.5 Å². The van der Waals surface area contributed by atoms with Crippen LogP contribution in [0.5, 0.6) is 0 Å². The number of nitrogens with one attached hydrogen (secondary N) is 1.